The minimum atomic E-state index is -3.99. The first-order valence-corrected chi connectivity index (χ1v) is 13.1. The third-order valence-corrected chi connectivity index (χ3v) is 7.69. The largest absolute Gasteiger partial charge is 0.452 e. The average Bonchev–Trinajstić information content (AvgIpc) is 2.87. The van der Waals surface area contributed by atoms with Crippen LogP contribution in [-0.4, -0.2) is 26.9 Å². The van der Waals surface area contributed by atoms with Crippen LogP contribution in [0.25, 0.3) is 0 Å². The Morgan fingerprint density at radius 3 is 2.54 bits per heavy atom. The van der Waals surface area contributed by atoms with Crippen molar-refractivity contribution < 1.29 is 22.7 Å². The summed E-state index contributed by atoms with van der Waals surface area (Å²) in [7, 11) is -3.99. The fourth-order valence-corrected chi connectivity index (χ4v) is 5.58. The zero-order valence-electron chi connectivity index (χ0n) is 18.9. The number of rotatable bonds is 8. The van der Waals surface area contributed by atoms with Crippen LogP contribution in [0, 0.1) is 0 Å². The summed E-state index contributed by atoms with van der Waals surface area (Å²) >= 11 is 6.11. The van der Waals surface area contributed by atoms with Crippen LogP contribution in [0.1, 0.15) is 45.9 Å². The maximum Gasteiger partial charge on any atom is 0.338 e. The minimum Gasteiger partial charge on any atom is -0.452 e. The fourth-order valence-electron chi connectivity index (χ4n) is 4.04. The number of ether oxygens (including phenoxy) is 1. The molecule has 3 aromatic carbocycles. The third kappa shape index (κ3) is 6.28. The Bertz CT molecular complexity index is 1330. The number of hydrogen-bond donors (Lipinski definition) is 2. The molecule has 0 saturated heterocycles. The second-order valence-corrected chi connectivity index (χ2v) is 10.4. The Kier molecular flexibility index (Phi) is 7.85. The molecule has 0 unspecified atom stereocenters. The molecule has 35 heavy (non-hydrogen) atoms. The topological polar surface area (TPSA) is 102 Å². The number of amides is 1. The van der Waals surface area contributed by atoms with Gasteiger partial charge in [0.25, 0.3) is 5.91 Å². The minimum absolute atomic E-state index is 0.0229. The van der Waals surface area contributed by atoms with Crippen molar-refractivity contribution in [2.45, 2.75) is 36.7 Å². The van der Waals surface area contributed by atoms with Gasteiger partial charge in [-0.1, -0.05) is 66.2 Å². The summed E-state index contributed by atoms with van der Waals surface area (Å²) in [4.78, 5) is 24.7. The quantitative estimate of drug-likeness (QED) is 0.441. The lowest BCUT2D eigenvalue weighted by molar-refractivity contribution is -0.125. The number of carbonyl (C=O) groups is 2. The summed E-state index contributed by atoms with van der Waals surface area (Å²) < 4.78 is 33.2. The third-order valence-electron chi connectivity index (χ3n) is 5.80. The monoisotopic (exact) mass is 512 g/mol. The summed E-state index contributed by atoms with van der Waals surface area (Å²) in [6.45, 7) is -0.410. The van der Waals surface area contributed by atoms with E-state index < -0.39 is 28.5 Å². The molecule has 182 valence electrons. The molecule has 7 nitrogen and oxygen atoms in total. The van der Waals surface area contributed by atoms with E-state index in [0.29, 0.717) is 0 Å². The van der Waals surface area contributed by atoms with E-state index in [4.69, 9.17) is 16.3 Å². The number of aryl methyl sites for hydroxylation is 1. The van der Waals surface area contributed by atoms with E-state index in [1.54, 1.807) is 24.3 Å². The first-order chi connectivity index (χ1) is 16.8. The molecular formula is C26H25ClN2O5S. The van der Waals surface area contributed by atoms with Gasteiger partial charge in [0.2, 0.25) is 10.0 Å². The molecule has 0 saturated carbocycles. The second-order valence-electron chi connectivity index (χ2n) is 8.24. The van der Waals surface area contributed by atoms with Crippen LogP contribution >= 0.6 is 11.6 Å². The van der Waals surface area contributed by atoms with Crippen molar-refractivity contribution in [3.63, 3.8) is 0 Å². The van der Waals surface area contributed by atoms with Crippen LogP contribution in [-0.2, 0) is 32.5 Å². The van der Waals surface area contributed by atoms with Crippen LogP contribution in [0.3, 0.4) is 0 Å². The van der Waals surface area contributed by atoms with E-state index in [1.165, 1.54) is 17.7 Å². The van der Waals surface area contributed by atoms with Gasteiger partial charge in [-0.05, 0) is 54.2 Å². The molecule has 9 heteroatoms. The Morgan fingerprint density at radius 2 is 1.74 bits per heavy atom. The van der Waals surface area contributed by atoms with Gasteiger partial charge in [0, 0.05) is 6.54 Å². The van der Waals surface area contributed by atoms with Gasteiger partial charge in [0.05, 0.1) is 16.6 Å². The van der Waals surface area contributed by atoms with Crippen LogP contribution in [0.15, 0.2) is 77.7 Å². The van der Waals surface area contributed by atoms with E-state index in [0.717, 1.165) is 36.5 Å². The van der Waals surface area contributed by atoms with Crippen LogP contribution in [0.5, 0.6) is 0 Å². The number of fused-ring (bicyclic) bond motifs is 1. The molecule has 3 aromatic rings. The maximum absolute atomic E-state index is 12.8. The number of hydrogen-bond acceptors (Lipinski definition) is 5. The lowest BCUT2D eigenvalue weighted by Gasteiger charge is -2.26. The summed E-state index contributed by atoms with van der Waals surface area (Å²) in [6, 6.07) is 20.6. The summed E-state index contributed by atoms with van der Waals surface area (Å²) in [5.41, 5.74) is 3.03. The van der Waals surface area contributed by atoms with Gasteiger partial charge in [0.1, 0.15) is 4.90 Å². The number of halogens is 1. The van der Waals surface area contributed by atoms with Gasteiger partial charge >= 0.3 is 5.97 Å². The average molecular weight is 513 g/mol. The molecule has 0 fully saturated rings. The summed E-state index contributed by atoms with van der Waals surface area (Å²) in [5, 5.41) is 2.88. The first-order valence-electron chi connectivity index (χ1n) is 11.2. The maximum atomic E-state index is 12.8. The highest BCUT2D eigenvalue weighted by molar-refractivity contribution is 7.89. The first kappa shape index (κ1) is 24.9. The number of nitrogens with one attached hydrogen (secondary N) is 2. The predicted octanol–water partition coefficient (Wildman–Crippen LogP) is 4.17. The van der Waals surface area contributed by atoms with Crippen molar-refractivity contribution in [2.24, 2.45) is 0 Å². The number of esters is 1. The highest BCUT2D eigenvalue weighted by Gasteiger charge is 2.23. The van der Waals surface area contributed by atoms with Gasteiger partial charge in [-0.25, -0.2) is 17.9 Å². The molecule has 1 amide bonds. The SMILES string of the molecule is O=C(COC(=O)c1ccc(Cl)c(S(=O)(=O)NCc2ccccc2)c1)N[C@H]1CCCc2ccccc21. The number of benzene rings is 3. The van der Waals surface area contributed by atoms with Crippen molar-refractivity contribution in [1.82, 2.24) is 10.0 Å². The van der Waals surface area contributed by atoms with E-state index in [-0.39, 0.29) is 28.1 Å². The Labute approximate surface area is 209 Å². The molecule has 0 spiro atoms. The van der Waals surface area contributed by atoms with Gasteiger partial charge in [-0.3, -0.25) is 4.79 Å². The van der Waals surface area contributed by atoms with E-state index in [9.17, 15) is 18.0 Å². The van der Waals surface area contributed by atoms with E-state index in [1.807, 2.05) is 24.3 Å². The van der Waals surface area contributed by atoms with Gasteiger partial charge in [-0.15, -0.1) is 0 Å². The molecule has 0 bridgehead atoms. The van der Waals surface area contributed by atoms with E-state index in [2.05, 4.69) is 16.1 Å². The van der Waals surface area contributed by atoms with Crippen LogP contribution in [0.4, 0.5) is 0 Å². The van der Waals surface area contributed by atoms with Gasteiger partial charge in [0.15, 0.2) is 6.61 Å². The highest BCUT2D eigenvalue weighted by Crippen LogP contribution is 2.29. The summed E-state index contributed by atoms with van der Waals surface area (Å²) in [6.07, 6.45) is 2.74. The molecule has 0 heterocycles. The zero-order chi connectivity index (χ0) is 24.8. The molecular weight excluding hydrogens is 488 g/mol. The molecule has 1 aliphatic carbocycles. The molecule has 4 rings (SSSR count). The predicted molar refractivity (Wildman–Crippen MR) is 132 cm³/mol. The molecule has 1 aliphatic rings. The van der Waals surface area contributed by atoms with Crippen molar-refractivity contribution in [3.8, 4) is 0 Å². The normalized spacial score (nSPS) is 15.2. The van der Waals surface area contributed by atoms with Gasteiger partial charge in [-0.2, -0.15) is 0 Å². The molecule has 2 N–H and O–H groups in total. The van der Waals surface area contributed by atoms with Crippen molar-refractivity contribution >= 4 is 33.5 Å². The summed E-state index contributed by atoms with van der Waals surface area (Å²) in [5.74, 6) is -1.24. The van der Waals surface area contributed by atoms with Crippen molar-refractivity contribution in [3.05, 3.63) is 100 Å². The zero-order valence-corrected chi connectivity index (χ0v) is 20.4. The number of carbonyl (C=O) groups excluding carboxylic acids is 2. The van der Waals surface area contributed by atoms with Crippen molar-refractivity contribution in [1.29, 1.82) is 0 Å². The lowest BCUT2D eigenvalue weighted by atomic mass is 9.88. The number of sulfonamides is 1. The smallest absolute Gasteiger partial charge is 0.338 e. The molecule has 0 aromatic heterocycles. The van der Waals surface area contributed by atoms with Crippen LogP contribution in [0.2, 0.25) is 5.02 Å². The fraction of sp³-hybridized carbons (Fsp3) is 0.231. The lowest BCUT2D eigenvalue weighted by Crippen LogP contribution is -2.34. The van der Waals surface area contributed by atoms with E-state index >= 15 is 0 Å². The Balaban J connectivity index is 1.37. The van der Waals surface area contributed by atoms with Gasteiger partial charge < -0.3 is 10.1 Å². The standard InChI is InChI=1S/C26H25ClN2O5S/c27-22-14-13-20(15-24(22)35(32,33)28-16-18-7-2-1-3-8-18)26(31)34-17-25(30)29-23-12-6-10-19-9-4-5-11-21(19)23/h1-5,7-9,11,13-15,23,28H,6,10,12,16-17H2,(H,29,30)/t23-/m0/s1. The van der Waals surface area contributed by atoms with Crippen molar-refractivity contribution in [2.75, 3.05) is 6.61 Å². The van der Waals surface area contributed by atoms with Crippen LogP contribution < -0.4 is 10.0 Å². The Morgan fingerprint density at radius 1 is 1.00 bits per heavy atom. The Hall–Kier alpha value is -3.20. The molecule has 0 aliphatic heterocycles. The molecule has 0 radical (unpaired) electrons. The highest BCUT2D eigenvalue weighted by atomic mass is 35.5. The molecule has 1 atom stereocenters. The second kappa shape index (κ2) is 11.0.